The van der Waals surface area contributed by atoms with Crippen LogP contribution in [0.15, 0.2) is 33.6 Å². The molecule has 0 aromatic heterocycles. The van der Waals surface area contributed by atoms with Crippen LogP contribution < -0.4 is 5.11 Å². The Morgan fingerprint density at radius 1 is 1.38 bits per heavy atom. The minimum absolute atomic E-state index is 0.0412. The molecule has 0 radical (unpaired) electrons. The standard InChI is InChI=1S/C9H10BrNO4S/c1-11(6-9(12)13)16(14,15)8-4-2-7(10)3-5-8/h2-5H,6H2,1H3,(H,12,13)/p-1. The smallest absolute Gasteiger partial charge is 0.243 e. The van der Waals surface area contributed by atoms with E-state index in [4.69, 9.17) is 0 Å². The number of likely N-dealkylation sites (N-methyl/N-ethyl adjacent to an activating group) is 1. The monoisotopic (exact) mass is 306 g/mol. The van der Waals surface area contributed by atoms with Crippen molar-refractivity contribution in [2.75, 3.05) is 13.6 Å². The van der Waals surface area contributed by atoms with Crippen molar-refractivity contribution in [2.45, 2.75) is 4.90 Å². The zero-order valence-electron chi connectivity index (χ0n) is 8.38. The Morgan fingerprint density at radius 2 is 1.88 bits per heavy atom. The molecule has 0 atom stereocenters. The molecule has 0 spiro atoms. The molecule has 1 aromatic rings. The topological polar surface area (TPSA) is 77.5 Å². The zero-order valence-corrected chi connectivity index (χ0v) is 10.8. The van der Waals surface area contributed by atoms with Crippen molar-refractivity contribution in [2.24, 2.45) is 0 Å². The first-order valence-corrected chi connectivity index (χ1v) is 6.49. The highest BCUT2D eigenvalue weighted by Gasteiger charge is 2.20. The molecule has 0 amide bonds. The van der Waals surface area contributed by atoms with E-state index in [9.17, 15) is 18.3 Å². The fraction of sp³-hybridized carbons (Fsp3) is 0.222. The lowest BCUT2D eigenvalue weighted by molar-refractivity contribution is -0.305. The van der Waals surface area contributed by atoms with Gasteiger partial charge in [-0.15, -0.1) is 0 Å². The van der Waals surface area contributed by atoms with Crippen LogP contribution in [0, 0.1) is 0 Å². The second kappa shape index (κ2) is 4.94. The van der Waals surface area contributed by atoms with Crippen LogP contribution in [-0.4, -0.2) is 32.3 Å². The zero-order chi connectivity index (χ0) is 12.3. The van der Waals surface area contributed by atoms with Gasteiger partial charge in [-0.05, 0) is 24.3 Å². The van der Waals surface area contributed by atoms with Crippen LogP contribution in [-0.2, 0) is 14.8 Å². The van der Waals surface area contributed by atoms with E-state index < -0.39 is 22.5 Å². The average Bonchev–Trinajstić information content (AvgIpc) is 2.17. The number of hydrogen-bond donors (Lipinski definition) is 0. The lowest BCUT2D eigenvalue weighted by Crippen LogP contribution is -2.39. The molecule has 1 aromatic carbocycles. The summed E-state index contributed by atoms with van der Waals surface area (Å²) in [4.78, 5) is 10.4. The van der Waals surface area contributed by atoms with Gasteiger partial charge in [0.25, 0.3) is 0 Å². The predicted octanol–water partition coefficient (Wildman–Crippen LogP) is -0.181. The number of carboxylic acid groups (broad SMARTS) is 1. The molecule has 0 aliphatic heterocycles. The second-order valence-electron chi connectivity index (χ2n) is 3.09. The lowest BCUT2D eigenvalue weighted by Gasteiger charge is -2.17. The molecule has 0 N–H and O–H groups in total. The number of benzene rings is 1. The molecule has 7 heteroatoms. The van der Waals surface area contributed by atoms with Gasteiger partial charge in [0.15, 0.2) is 0 Å². The van der Waals surface area contributed by atoms with Gasteiger partial charge in [0.2, 0.25) is 10.0 Å². The molecular formula is C9H9BrNO4S-. The summed E-state index contributed by atoms with van der Waals surface area (Å²) in [7, 11) is -2.57. The first-order valence-electron chi connectivity index (χ1n) is 4.26. The van der Waals surface area contributed by atoms with Gasteiger partial charge >= 0.3 is 0 Å². The fourth-order valence-electron chi connectivity index (χ4n) is 1.05. The van der Waals surface area contributed by atoms with Crippen LogP contribution >= 0.6 is 15.9 Å². The molecule has 88 valence electrons. The van der Waals surface area contributed by atoms with Crippen molar-refractivity contribution in [3.05, 3.63) is 28.7 Å². The maximum absolute atomic E-state index is 11.8. The number of aliphatic carboxylic acids is 1. The van der Waals surface area contributed by atoms with Gasteiger partial charge in [-0.3, -0.25) is 0 Å². The number of carboxylic acids is 1. The molecule has 0 heterocycles. The van der Waals surface area contributed by atoms with Crippen LogP contribution in [0.25, 0.3) is 0 Å². The molecule has 0 saturated carbocycles. The van der Waals surface area contributed by atoms with Crippen LogP contribution in [0.3, 0.4) is 0 Å². The first kappa shape index (κ1) is 13.1. The van der Waals surface area contributed by atoms with Crippen LogP contribution in [0.1, 0.15) is 0 Å². The summed E-state index contributed by atoms with van der Waals surface area (Å²) in [5.74, 6) is -1.44. The summed E-state index contributed by atoms with van der Waals surface area (Å²) in [5, 5.41) is 10.3. The summed E-state index contributed by atoms with van der Waals surface area (Å²) in [5.41, 5.74) is 0. The van der Waals surface area contributed by atoms with E-state index >= 15 is 0 Å². The number of halogens is 1. The molecule has 0 bridgehead atoms. The van der Waals surface area contributed by atoms with Gasteiger partial charge in [-0.1, -0.05) is 15.9 Å². The van der Waals surface area contributed by atoms with Crippen LogP contribution in [0.5, 0.6) is 0 Å². The molecular weight excluding hydrogens is 298 g/mol. The summed E-state index contributed by atoms with van der Waals surface area (Å²) in [6.07, 6.45) is 0. The Kier molecular flexibility index (Phi) is 4.06. The lowest BCUT2D eigenvalue weighted by atomic mass is 10.4. The van der Waals surface area contributed by atoms with E-state index in [2.05, 4.69) is 15.9 Å². The van der Waals surface area contributed by atoms with E-state index in [1.807, 2.05) is 0 Å². The van der Waals surface area contributed by atoms with Crippen molar-refractivity contribution in [1.29, 1.82) is 0 Å². The van der Waals surface area contributed by atoms with Crippen molar-refractivity contribution >= 4 is 31.9 Å². The Bertz CT molecular complexity index is 483. The van der Waals surface area contributed by atoms with Gasteiger partial charge in [-0.2, -0.15) is 4.31 Å². The molecule has 0 aliphatic rings. The average molecular weight is 307 g/mol. The fourth-order valence-corrected chi connectivity index (χ4v) is 2.43. The van der Waals surface area contributed by atoms with E-state index in [0.29, 0.717) is 0 Å². The van der Waals surface area contributed by atoms with E-state index in [-0.39, 0.29) is 4.90 Å². The Balaban J connectivity index is 3.02. The summed E-state index contributed by atoms with van der Waals surface area (Å²) in [6.45, 7) is -0.668. The van der Waals surface area contributed by atoms with Crippen molar-refractivity contribution in [1.82, 2.24) is 4.31 Å². The molecule has 16 heavy (non-hydrogen) atoms. The maximum atomic E-state index is 11.8. The predicted molar refractivity (Wildman–Crippen MR) is 59.0 cm³/mol. The molecule has 0 saturated heterocycles. The maximum Gasteiger partial charge on any atom is 0.243 e. The normalized spacial score (nSPS) is 11.7. The molecule has 1 rings (SSSR count). The number of sulfonamides is 1. The molecule has 0 fully saturated rings. The van der Waals surface area contributed by atoms with Gasteiger partial charge < -0.3 is 9.90 Å². The number of nitrogens with zero attached hydrogens (tertiary/aromatic N) is 1. The van der Waals surface area contributed by atoms with Gasteiger partial charge in [0.1, 0.15) is 0 Å². The Hall–Kier alpha value is -0.920. The highest BCUT2D eigenvalue weighted by Crippen LogP contribution is 2.17. The summed E-state index contributed by atoms with van der Waals surface area (Å²) >= 11 is 3.18. The highest BCUT2D eigenvalue weighted by molar-refractivity contribution is 9.10. The summed E-state index contributed by atoms with van der Waals surface area (Å²) in [6, 6.07) is 5.93. The number of hydrogen-bond acceptors (Lipinski definition) is 4. The number of carbonyl (C=O) groups is 1. The quantitative estimate of drug-likeness (QED) is 0.773. The molecule has 5 nitrogen and oxygen atoms in total. The minimum atomic E-state index is -3.76. The van der Waals surface area contributed by atoms with Gasteiger partial charge in [-0.25, -0.2) is 8.42 Å². The molecule has 0 unspecified atom stereocenters. The van der Waals surface area contributed by atoms with Crippen molar-refractivity contribution in [3.8, 4) is 0 Å². The Labute approximate surface area is 102 Å². The second-order valence-corrected chi connectivity index (χ2v) is 6.05. The Morgan fingerprint density at radius 3 is 2.31 bits per heavy atom. The third-order valence-corrected chi connectivity index (χ3v) is 4.22. The van der Waals surface area contributed by atoms with E-state index in [1.54, 1.807) is 12.1 Å². The highest BCUT2D eigenvalue weighted by atomic mass is 79.9. The largest absolute Gasteiger partial charge is 0.549 e. The first-order chi connectivity index (χ1) is 7.34. The van der Waals surface area contributed by atoms with E-state index in [1.165, 1.54) is 19.2 Å². The van der Waals surface area contributed by atoms with E-state index in [0.717, 1.165) is 8.78 Å². The number of carbonyl (C=O) groups excluding carboxylic acids is 1. The van der Waals surface area contributed by atoms with Crippen molar-refractivity contribution in [3.63, 3.8) is 0 Å². The van der Waals surface area contributed by atoms with Crippen LogP contribution in [0.2, 0.25) is 0 Å². The third kappa shape index (κ3) is 3.03. The summed E-state index contributed by atoms with van der Waals surface area (Å²) < 4.78 is 25.1. The van der Waals surface area contributed by atoms with Gasteiger partial charge in [0, 0.05) is 11.5 Å². The minimum Gasteiger partial charge on any atom is -0.549 e. The molecule has 0 aliphatic carbocycles. The van der Waals surface area contributed by atoms with Crippen molar-refractivity contribution < 1.29 is 18.3 Å². The third-order valence-electron chi connectivity index (χ3n) is 1.87. The van der Waals surface area contributed by atoms with Crippen LogP contribution in [0.4, 0.5) is 0 Å². The van der Waals surface area contributed by atoms with Gasteiger partial charge in [0.05, 0.1) is 17.4 Å². The SMILES string of the molecule is CN(CC(=O)[O-])S(=O)(=O)c1ccc(Br)cc1. The number of rotatable bonds is 4.